The normalized spacial score (nSPS) is 15.4. The van der Waals surface area contributed by atoms with Crippen molar-refractivity contribution in [3.05, 3.63) is 195 Å². The molecule has 1 atom stereocenters. The van der Waals surface area contributed by atoms with Gasteiger partial charge in [-0.05, 0) is 85.5 Å². The third-order valence-electron chi connectivity index (χ3n) is 10.3. The minimum atomic E-state index is -0.932. The zero-order valence-corrected chi connectivity index (χ0v) is 33.7. The summed E-state index contributed by atoms with van der Waals surface area (Å²) in [4.78, 5) is 28.9. The Hall–Kier alpha value is -6.47. The van der Waals surface area contributed by atoms with E-state index in [0.29, 0.717) is 16.7 Å². The molecule has 5 aromatic carbocycles. The molecule has 0 fully saturated rings. The van der Waals surface area contributed by atoms with Gasteiger partial charge in [-0.2, -0.15) is 0 Å². The summed E-state index contributed by atoms with van der Waals surface area (Å²) in [5.41, 5.74) is 12.9. The Bertz CT molecular complexity index is 2400. The molecule has 1 aliphatic carbocycles. The molecule has 5 aromatic rings. The summed E-state index contributed by atoms with van der Waals surface area (Å²) in [5.74, 6) is -1.20. The number of rotatable bonds is 7. The van der Waals surface area contributed by atoms with E-state index in [1.165, 1.54) is 5.56 Å². The number of nitrogens with zero attached hydrogens (tertiary/aromatic N) is 3. The van der Waals surface area contributed by atoms with Crippen LogP contribution >= 0.6 is 0 Å². The van der Waals surface area contributed by atoms with Crippen LogP contribution in [0.15, 0.2) is 139 Å². The monoisotopic (exact) mass is 745 g/mol. The summed E-state index contributed by atoms with van der Waals surface area (Å²) in [6, 6.07) is 36.3. The molecule has 1 N–H and O–H groups in total. The van der Waals surface area contributed by atoms with Gasteiger partial charge >= 0.3 is 13.4 Å². The Balaban J connectivity index is 0.000000214. The molecule has 1 heterocycles. The van der Waals surface area contributed by atoms with Crippen molar-refractivity contribution in [1.29, 1.82) is 0 Å². The molecule has 0 bridgehead atoms. The van der Waals surface area contributed by atoms with E-state index in [2.05, 4.69) is 109 Å². The molecule has 0 spiro atoms. The van der Waals surface area contributed by atoms with E-state index in [1.807, 2.05) is 95.9 Å². The van der Waals surface area contributed by atoms with Crippen molar-refractivity contribution in [3.63, 3.8) is 0 Å². The summed E-state index contributed by atoms with van der Waals surface area (Å²) in [6.07, 6.45) is 8.21. The number of carbonyl (C=O) groups is 2. The van der Waals surface area contributed by atoms with Gasteiger partial charge in [0.2, 0.25) is 0 Å². The largest absolute Gasteiger partial charge is 1.00 e. The second-order valence-electron chi connectivity index (χ2n) is 15.0. The Labute approximate surface area is 332 Å². The van der Waals surface area contributed by atoms with Crippen molar-refractivity contribution in [2.24, 2.45) is 0 Å². The molecule has 56 heavy (non-hydrogen) atoms. The van der Waals surface area contributed by atoms with Gasteiger partial charge in [0.1, 0.15) is 14.1 Å². The number of esters is 1. The maximum atomic E-state index is 12.8. The van der Waals surface area contributed by atoms with Gasteiger partial charge in [0.25, 0.3) is 0 Å². The van der Waals surface area contributed by atoms with Gasteiger partial charge in [-0.1, -0.05) is 95.6 Å². The fourth-order valence-electron chi connectivity index (χ4n) is 7.09. The molecule has 284 valence electrons. The highest BCUT2D eigenvalue weighted by molar-refractivity contribution is 6.05. The van der Waals surface area contributed by atoms with Crippen LogP contribution in [-0.2, 0) is 10.3 Å². The van der Waals surface area contributed by atoms with E-state index in [0.717, 1.165) is 61.6 Å². The maximum Gasteiger partial charge on any atom is 1.00 e. The van der Waals surface area contributed by atoms with Crippen LogP contribution in [0.3, 0.4) is 0 Å². The molecular weight excluding hydrogens is 695 g/mol. The third-order valence-corrected chi connectivity index (χ3v) is 10.3. The predicted molar refractivity (Wildman–Crippen MR) is 230 cm³/mol. The summed E-state index contributed by atoms with van der Waals surface area (Å²) >= 11 is 0. The van der Waals surface area contributed by atoms with Crippen LogP contribution < -0.4 is 9.80 Å². The van der Waals surface area contributed by atoms with Crippen molar-refractivity contribution < 1.29 is 25.4 Å². The average molecular weight is 746 g/mol. The van der Waals surface area contributed by atoms with Gasteiger partial charge in [0.15, 0.2) is 11.3 Å². The van der Waals surface area contributed by atoms with Gasteiger partial charge in [0, 0.05) is 68.4 Å². The number of hydrogen-bond acceptors (Lipinski definition) is 5. The number of carboxylic acid groups (broad SMARTS) is 1. The molecule has 7 rings (SSSR count). The van der Waals surface area contributed by atoms with Crippen LogP contribution in [0.1, 0.15) is 66.7 Å². The number of carboxylic acids is 1. The highest BCUT2D eigenvalue weighted by Gasteiger charge is 2.48. The van der Waals surface area contributed by atoms with Crippen molar-refractivity contribution >= 4 is 34.6 Å². The fraction of sp³-hybridized carbons (Fsp3) is 0.204. The lowest BCUT2D eigenvalue weighted by Gasteiger charge is -2.31. The number of allylic oxidation sites excluding steroid dienone is 5. The van der Waals surface area contributed by atoms with Gasteiger partial charge < -0.3 is 19.6 Å². The number of aryl methyl sites for hydroxylation is 3. The van der Waals surface area contributed by atoms with Gasteiger partial charge in [0.05, 0.1) is 11.1 Å². The summed E-state index contributed by atoms with van der Waals surface area (Å²) in [5, 5.41) is 9.94. The number of fused-ring (bicyclic) bond motifs is 1. The van der Waals surface area contributed by atoms with Crippen LogP contribution in [-0.4, -0.2) is 69.6 Å². The lowest BCUT2D eigenvalue weighted by Crippen LogP contribution is -2.29. The third kappa shape index (κ3) is 7.85. The second-order valence-corrected chi connectivity index (χ2v) is 15.0. The molecule has 1 aliphatic heterocycles. The van der Waals surface area contributed by atoms with E-state index in [9.17, 15) is 14.7 Å². The molecule has 7 nitrogen and oxygen atoms in total. The van der Waals surface area contributed by atoms with Crippen LogP contribution in [0.5, 0.6) is 0 Å². The summed E-state index contributed by atoms with van der Waals surface area (Å²) in [6.45, 7) is 6.09. The molecule has 0 radical (unpaired) electrons. The van der Waals surface area contributed by atoms with E-state index < -0.39 is 11.6 Å². The minimum Gasteiger partial charge on any atom is -0.478 e. The lowest BCUT2D eigenvalue weighted by atomic mass is 9.79. The Morgan fingerprint density at radius 2 is 1.16 bits per heavy atom. The number of benzene rings is 5. The molecule has 0 aromatic heterocycles. The summed E-state index contributed by atoms with van der Waals surface area (Å²) in [7, 11) is 11.8. The molecule has 0 amide bonds. The zero-order valence-electron chi connectivity index (χ0n) is 34.7. The number of carbonyl (C=O) groups excluding carboxylic acids is 1. The standard InChI is InChI=1S/C25H26N2O2.C24H23NO2/c1-17-6-8-18(9-7-17)24(19-10-12-20(13-11-19)26(2)3)22-15-14-21(27(4)5)16-23(22)25(28)29;1-16-5-8-18(9-6-16)24(19-10-12-20(13-11-19)25(3)4)22-14-7-17(2)15-21(22)23(26)27-24/h6-16H,1-5H3;5-15H,1-4H3/p+2. The fourth-order valence-corrected chi connectivity index (χ4v) is 7.09. The first kappa shape index (κ1) is 39.2. The van der Waals surface area contributed by atoms with Crippen LogP contribution in [0, 0.1) is 20.8 Å². The minimum absolute atomic E-state index is 0. The van der Waals surface area contributed by atoms with Gasteiger partial charge in [-0.15, -0.1) is 0 Å². The first-order chi connectivity index (χ1) is 26.7. The molecular formula is C49H51N3O4+2. The Morgan fingerprint density at radius 3 is 1.70 bits per heavy atom. The topological polar surface area (TPSA) is 73.1 Å². The van der Waals surface area contributed by atoms with E-state index in [1.54, 1.807) is 6.07 Å². The van der Waals surface area contributed by atoms with Crippen molar-refractivity contribution in [3.8, 4) is 0 Å². The number of ether oxygens (including phenoxy) is 1. The lowest BCUT2D eigenvalue weighted by molar-refractivity contribution is -0.462. The smallest absolute Gasteiger partial charge is 0.478 e. The van der Waals surface area contributed by atoms with E-state index in [4.69, 9.17) is 4.74 Å². The van der Waals surface area contributed by atoms with E-state index >= 15 is 0 Å². The number of aromatic carboxylic acids is 1. The quantitative estimate of drug-likeness (QED) is 0.132. The number of hydrogen-bond donors (Lipinski definition) is 1. The second kappa shape index (κ2) is 16.1. The SMILES string of the molecule is Cc1ccc(C(=C2C=CC(=[N+](C)C)C=C2)c2ccc(N(C)C)cc2C(=O)O)cc1.Cc1ccc(C2(c3ccc(N(C)C)cc3)OC(=O)c3cc(C)ccc32)cc1.[H+]. The van der Waals surface area contributed by atoms with Crippen molar-refractivity contribution in [1.82, 2.24) is 0 Å². The first-order valence-corrected chi connectivity index (χ1v) is 18.7. The van der Waals surface area contributed by atoms with Gasteiger partial charge in [-0.25, -0.2) is 14.2 Å². The molecule has 2 aliphatic rings. The predicted octanol–water partition coefficient (Wildman–Crippen LogP) is 9.34. The highest BCUT2D eigenvalue weighted by Crippen LogP contribution is 2.47. The summed E-state index contributed by atoms with van der Waals surface area (Å²) < 4.78 is 8.18. The maximum absolute atomic E-state index is 12.8. The van der Waals surface area contributed by atoms with Crippen LogP contribution in [0.25, 0.3) is 5.57 Å². The molecule has 7 heteroatoms. The zero-order chi connectivity index (χ0) is 40.3. The average Bonchev–Trinajstić information content (AvgIpc) is 3.48. The molecule has 1 unspecified atom stereocenters. The van der Waals surface area contributed by atoms with Crippen LogP contribution in [0.2, 0.25) is 0 Å². The number of cyclic esters (lactones) is 1. The Morgan fingerprint density at radius 1 is 0.643 bits per heavy atom. The first-order valence-electron chi connectivity index (χ1n) is 18.7. The van der Waals surface area contributed by atoms with Gasteiger partial charge in [-0.3, -0.25) is 0 Å². The van der Waals surface area contributed by atoms with Crippen molar-refractivity contribution in [2.75, 3.05) is 52.1 Å². The van der Waals surface area contributed by atoms with E-state index in [-0.39, 0.29) is 7.40 Å². The number of anilines is 2. The Kier molecular flexibility index (Phi) is 11.3. The molecule has 0 saturated carbocycles. The highest BCUT2D eigenvalue weighted by atomic mass is 16.6. The molecule has 0 saturated heterocycles. The van der Waals surface area contributed by atoms with Crippen molar-refractivity contribution in [2.45, 2.75) is 26.4 Å². The van der Waals surface area contributed by atoms with Crippen LogP contribution in [0.4, 0.5) is 11.4 Å².